The van der Waals surface area contributed by atoms with Crippen LogP contribution in [0.2, 0.25) is 0 Å². The number of hydrogen-bond donors (Lipinski definition) is 0. The lowest BCUT2D eigenvalue weighted by atomic mass is 9.80. The Labute approximate surface area is 188 Å². The number of ether oxygens (including phenoxy) is 3. The molecule has 0 spiro atoms. The van der Waals surface area contributed by atoms with Crippen LogP contribution in [0, 0.1) is 0 Å². The molecule has 7 heteroatoms. The Kier molecular flexibility index (Phi) is 7.87. The molecule has 0 radical (unpaired) electrons. The predicted molar refractivity (Wildman–Crippen MR) is 118 cm³/mol. The van der Waals surface area contributed by atoms with E-state index in [2.05, 4.69) is 0 Å². The molecule has 7 nitrogen and oxygen atoms in total. The van der Waals surface area contributed by atoms with Gasteiger partial charge in [-0.3, -0.25) is 9.69 Å². The van der Waals surface area contributed by atoms with Gasteiger partial charge in [0, 0.05) is 6.54 Å². The number of hydrogen-bond acceptors (Lipinski definition) is 6. The van der Waals surface area contributed by atoms with Crippen LogP contribution in [0.4, 0.5) is 4.79 Å². The molecule has 1 aliphatic heterocycles. The van der Waals surface area contributed by atoms with Gasteiger partial charge in [0.25, 0.3) is 0 Å². The van der Waals surface area contributed by atoms with E-state index < -0.39 is 17.6 Å². The molecule has 1 aliphatic rings. The van der Waals surface area contributed by atoms with Crippen LogP contribution < -0.4 is 0 Å². The Morgan fingerprint density at radius 2 is 1.62 bits per heavy atom. The van der Waals surface area contributed by atoms with Gasteiger partial charge < -0.3 is 14.2 Å². The standard InChI is InChI=1S/C25H29NO6/c1-30-22(27)16-21(20-12-7-4-8-13-20)17-25(23(28)31-2)14-9-15-26(25)24(29)32-18-19-10-5-3-6-11-19/h3-8,10-13,21H,9,14-18H2,1-2H3/t21?,25-/m1/s1. The highest BCUT2D eigenvalue weighted by Crippen LogP contribution is 2.41. The van der Waals surface area contributed by atoms with Crippen molar-refractivity contribution >= 4 is 18.0 Å². The Morgan fingerprint density at radius 3 is 2.25 bits per heavy atom. The van der Waals surface area contributed by atoms with E-state index in [9.17, 15) is 14.4 Å². The lowest BCUT2D eigenvalue weighted by molar-refractivity contribution is -0.154. The molecule has 0 bridgehead atoms. The molecule has 1 saturated heterocycles. The van der Waals surface area contributed by atoms with E-state index in [1.807, 2.05) is 60.7 Å². The van der Waals surface area contributed by atoms with Crippen LogP contribution in [0.25, 0.3) is 0 Å². The van der Waals surface area contributed by atoms with Gasteiger partial charge in [-0.25, -0.2) is 9.59 Å². The van der Waals surface area contributed by atoms with Crippen molar-refractivity contribution in [2.45, 2.75) is 43.7 Å². The molecule has 2 aromatic rings. The van der Waals surface area contributed by atoms with Gasteiger partial charge in [0.1, 0.15) is 12.1 Å². The lowest BCUT2D eigenvalue weighted by Gasteiger charge is -2.37. The van der Waals surface area contributed by atoms with Crippen molar-refractivity contribution in [1.29, 1.82) is 0 Å². The van der Waals surface area contributed by atoms with E-state index in [1.165, 1.54) is 19.1 Å². The van der Waals surface area contributed by atoms with Crippen LogP contribution in [-0.2, 0) is 30.4 Å². The minimum atomic E-state index is -1.21. The largest absolute Gasteiger partial charge is 0.469 e. The molecule has 0 N–H and O–H groups in total. The molecule has 1 fully saturated rings. The zero-order valence-corrected chi connectivity index (χ0v) is 18.5. The van der Waals surface area contributed by atoms with Crippen molar-refractivity contribution in [3.63, 3.8) is 0 Å². The predicted octanol–water partition coefficient (Wildman–Crippen LogP) is 4.07. The van der Waals surface area contributed by atoms with Crippen molar-refractivity contribution < 1.29 is 28.6 Å². The topological polar surface area (TPSA) is 82.1 Å². The van der Waals surface area contributed by atoms with Gasteiger partial charge in [0.15, 0.2) is 0 Å². The van der Waals surface area contributed by atoms with E-state index in [-0.39, 0.29) is 31.3 Å². The second kappa shape index (κ2) is 10.8. The van der Waals surface area contributed by atoms with Crippen molar-refractivity contribution in [2.75, 3.05) is 20.8 Å². The third-order valence-corrected chi connectivity index (χ3v) is 5.98. The summed E-state index contributed by atoms with van der Waals surface area (Å²) in [6, 6.07) is 18.8. The Morgan fingerprint density at radius 1 is 0.969 bits per heavy atom. The Balaban J connectivity index is 1.86. The van der Waals surface area contributed by atoms with Crippen LogP contribution in [0.15, 0.2) is 60.7 Å². The number of esters is 2. The quantitative estimate of drug-likeness (QED) is 0.456. The maximum absolute atomic E-state index is 13.1. The number of carbonyl (C=O) groups is 3. The number of amides is 1. The number of nitrogens with zero attached hydrogens (tertiary/aromatic N) is 1. The van der Waals surface area contributed by atoms with Crippen LogP contribution in [0.5, 0.6) is 0 Å². The maximum Gasteiger partial charge on any atom is 0.411 e. The molecule has 1 unspecified atom stereocenters. The third-order valence-electron chi connectivity index (χ3n) is 5.98. The molecule has 32 heavy (non-hydrogen) atoms. The molecule has 2 aromatic carbocycles. The molecule has 1 heterocycles. The van der Waals surface area contributed by atoms with Gasteiger partial charge in [-0.2, -0.15) is 0 Å². The van der Waals surface area contributed by atoms with Crippen molar-refractivity contribution in [1.82, 2.24) is 4.90 Å². The fourth-order valence-electron chi connectivity index (χ4n) is 4.36. The van der Waals surface area contributed by atoms with Crippen LogP contribution >= 0.6 is 0 Å². The second-order valence-electron chi connectivity index (χ2n) is 7.91. The van der Waals surface area contributed by atoms with Gasteiger partial charge in [-0.1, -0.05) is 60.7 Å². The monoisotopic (exact) mass is 439 g/mol. The van der Waals surface area contributed by atoms with E-state index in [1.54, 1.807) is 0 Å². The summed E-state index contributed by atoms with van der Waals surface area (Å²) in [4.78, 5) is 39.7. The molecule has 0 aliphatic carbocycles. The molecule has 170 valence electrons. The van der Waals surface area contributed by atoms with Gasteiger partial charge >= 0.3 is 18.0 Å². The summed E-state index contributed by atoms with van der Waals surface area (Å²) in [6.45, 7) is 0.486. The average molecular weight is 440 g/mol. The smallest absolute Gasteiger partial charge is 0.411 e. The van der Waals surface area contributed by atoms with Crippen LogP contribution in [0.1, 0.15) is 42.7 Å². The zero-order chi connectivity index (χ0) is 23.0. The highest BCUT2D eigenvalue weighted by Gasteiger charge is 2.52. The summed E-state index contributed by atoms with van der Waals surface area (Å²) in [5.41, 5.74) is 0.541. The van der Waals surface area contributed by atoms with E-state index in [0.717, 1.165) is 11.1 Å². The number of rotatable bonds is 8. The first-order valence-electron chi connectivity index (χ1n) is 10.7. The molecule has 3 rings (SSSR count). The number of benzene rings is 2. The minimum absolute atomic E-state index is 0.0894. The van der Waals surface area contributed by atoms with E-state index >= 15 is 0 Å². The molecule has 0 aromatic heterocycles. The zero-order valence-electron chi connectivity index (χ0n) is 18.5. The molecule has 0 saturated carbocycles. The van der Waals surface area contributed by atoms with Crippen LogP contribution in [0.3, 0.4) is 0 Å². The molecular formula is C25H29NO6. The number of methoxy groups -OCH3 is 2. The van der Waals surface area contributed by atoms with Crippen molar-refractivity contribution in [2.24, 2.45) is 0 Å². The SMILES string of the molecule is COC(=O)CC(C[C@@]1(C(=O)OC)CCCN1C(=O)OCc1ccccc1)c1ccccc1. The van der Waals surface area contributed by atoms with E-state index in [0.29, 0.717) is 19.4 Å². The van der Waals surface area contributed by atoms with Crippen LogP contribution in [-0.4, -0.2) is 49.2 Å². The van der Waals surface area contributed by atoms with Gasteiger partial charge in [0.2, 0.25) is 0 Å². The average Bonchev–Trinajstić information content (AvgIpc) is 3.27. The fraction of sp³-hybridized carbons (Fsp3) is 0.400. The number of likely N-dealkylation sites (tertiary alicyclic amines) is 1. The highest BCUT2D eigenvalue weighted by molar-refractivity contribution is 5.86. The first-order chi connectivity index (χ1) is 15.5. The summed E-state index contributed by atoms with van der Waals surface area (Å²) >= 11 is 0. The van der Waals surface area contributed by atoms with Gasteiger partial charge in [-0.05, 0) is 36.3 Å². The van der Waals surface area contributed by atoms with Crippen molar-refractivity contribution in [3.8, 4) is 0 Å². The first kappa shape index (κ1) is 23.3. The van der Waals surface area contributed by atoms with Crippen molar-refractivity contribution in [3.05, 3.63) is 71.8 Å². The third kappa shape index (κ3) is 5.28. The summed E-state index contributed by atoms with van der Waals surface area (Å²) in [6.07, 6.45) is 0.826. The molecule has 2 atom stereocenters. The number of carbonyl (C=O) groups excluding carboxylic acids is 3. The molecular weight excluding hydrogens is 410 g/mol. The summed E-state index contributed by atoms with van der Waals surface area (Å²) < 4.78 is 15.6. The maximum atomic E-state index is 13.1. The molecule has 1 amide bonds. The fourth-order valence-corrected chi connectivity index (χ4v) is 4.36. The second-order valence-corrected chi connectivity index (χ2v) is 7.91. The van der Waals surface area contributed by atoms with Gasteiger partial charge in [0.05, 0.1) is 20.6 Å². The first-order valence-corrected chi connectivity index (χ1v) is 10.7. The lowest BCUT2D eigenvalue weighted by Crippen LogP contribution is -2.54. The normalized spacial score (nSPS) is 18.6. The summed E-state index contributed by atoms with van der Waals surface area (Å²) in [5, 5.41) is 0. The van der Waals surface area contributed by atoms with E-state index in [4.69, 9.17) is 14.2 Å². The van der Waals surface area contributed by atoms with Gasteiger partial charge in [-0.15, -0.1) is 0 Å². The minimum Gasteiger partial charge on any atom is -0.469 e. The Bertz CT molecular complexity index is 917. The summed E-state index contributed by atoms with van der Waals surface area (Å²) in [7, 11) is 2.65. The highest BCUT2D eigenvalue weighted by atomic mass is 16.6. The summed E-state index contributed by atoms with van der Waals surface area (Å²) in [5.74, 6) is -1.21. The Hall–Kier alpha value is -3.35.